The van der Waals surface area contributed by atoms with Crippen molar-refractivity contribution in [2.75, 3.05) is 0 Å². The highest BCUT2D eigenvalue weighted by Crippen LogP contribution is 2.27. The molecule has 0 N–H and O–H groups in total. The van der Waals surface area contributed by atoms with Gasteiger partial charge in [0.2, 0.25) is 11.7 Å². The molecule has 0 aliphatic rings. The fourth-order valence-electron chi connectivity index (χ4n) is 1.99. The molecular weight excluding hydrogens is 316 g/mol. The zero-order valence-electron chi connectivity index (χ0n) is 12.0. The van der Waals surface area contributed by atoms with Crippen molar-refractivity contribution < 1.29 is 4.52 Å². The van der Waals surface area contributed by atoms with Crippen LogP contribution in [0.2, 0.25) is 0 Å². The Morgan fingerprint density at radius 2 is 2.23 bits per heavy atom. The van der Waals surface area contributed by atoms with Crippen molar-refractivity contribution in [1.29, 1.82) is 5.26 Å². The second-order valence-corrected chi connectivity index (χ2v) is 6.56. The van der Waals surface area contributed by atoms with Crippen LogP contribution in [0.25, 0.3) is 10.7 Å². The average molecular weight is 328 g/mol. The lowest BCUT2D eigenvalue weighted by Crippen LogP contribution is -1.94. The van der Waals surface area contributed by atoms with E-state index in [1.165, 1.54) is 11.8 Å². The van der Waals surface area contributed by atoms with Crippen LogP contribution in [0.4, 0.5) is 0 Å². The molecule has 3 heterocycles. The zero-order chi connectivity index (χ0) is 15.5. The van der Waals surface area contributed by atoms with Gasteiger partial charge in [0.1, 0.15) is 11.1 Å². The second kappa shape index (κ2) is 6.30. The number of nitrogens with zero attached hydrogens (tertiary/aromatic N) is 4. The quantitative estimate of drug-likeness (QED) is 0.674. The van der Waals surface area contributed by atoms with Gasteiger partial charge < -0.3 is 4.52 Å². The minimum Gasteiger partial charge on any atom is -0.338 e. The Kier molecular flexibility index (Phi) is 4.22. The van der Waals surface area contributed by atoms with Gasteiger partial charge in [-0.1, -0.05) is 23.0 Å². The van der Waals surface area contributed by atoms with Gasteiger partial charge in [0.25, 0.3) is 0 Å². The van der Waals surface area contributed by atoms with Crippen LogP contribution < -0.4 is 0 Å². The van der Waals surface area contributed by atoms with E-state index in [0.29, 0.717) is 28.1 Å². The Morgan fingerprint density at radius 3 is 2.95 bits per heavy atom. The van der Waals surface area contributed by atoms with Crippen molar-refractivity contribution in [2.45, 2.75) is 24.6 Å². The van der Waals surface area contributed by atoms with E-state index in [2.05, 4.69) is 21.2 Å². The lowest BCUT2D eigenvalue weighted by atomic mass is 10.1. The third kappa shape index (κ3) is 3.03. The van der Waals surface area contributed by atoms with E-state index >= 15 is 0 Å². The van der Waals surface area contributed by atoms with Crippen LogP contribution >= 0.6 is 23.1 Å². The number of aromatic nitrogens is 3. The second-order valence-electron chi connectivity index (χ2n) is 4.65. The first kappa shape index (κ1) is 14.8. The molecule has 0 bridgehead atoms. The van der Waals surface area contributed by atoms with Crippen LogP contribution in [0.1, 0.15) is 22.7 Å². The molecule has 0 aromatic carbocycles. The first-order chi connectivity index (χ1) is 10.7. The molecule has 0 unspecified atom stereocenters. The summed E-state index contributed by atoms with van der Waals surface area (Å²) in [6.45, 7) is 3.83. The molecule has 0 aliphatic heterocycles. The van der Waals surface area contributed by atoms with E-state index < -0.39 is 0 Å². The van der Waals surface area contributed by atoms with Crippen LogP contribution in [0.3, 0.4) is 0 Å². The van der Waals surface area contributed by atoms with Crippen molar-refractivity contribution in [3.63, 3.8) is 0 Å². The maximum atomic E-state index is 9.26. The number of thiophene rings is 1. The molecule has 22 heavy (non-hydrogen) atoms. The van der Waals surface area contributed by atoms with Crippen LogP contribution in [0.5, 0.6) is 0 Å². The number of aryl methyl sites for hydroxylation is 2. The molecule has 5 nitrogen and oxygen atoms in total. The fraction of sp³-hybridized carbons (Fsp3) is 0.200. The monoisotopic (exact) mass is 328 g/mol. The Balaban J connectivity index is 1.78. The fourth-order valence-corrected chi connectivity index (χ4v) is 3.58. The molecule has 0 atom stereocenters. The molecule has 3 aromatic rings. The smallest absolute Gasteiger partial charge is 0.237 e. The van der Waals surface area contributed by atoms with Gasteiger partial charge in [0, 0.05) is 5.69 Å². The molecule has 110 valence electrons. The minimum absolute atomic E-state index is 0.489. The maximum Gasteiger partial charge on any atom is 0.237 e. The highest BCUT2D eigenvalue weighted by Gasteiger charge is 2.13. The molecule has 0 saturated carbocycles. The standard InChI is InChI=1S/C15H12N4OS2/c1-9-6-10(2)17-15(11(9)7-16)22-8-13-18-14(19-20-13)12-4-3-5-21-12/h3-6H,8H2,1-2H3. The summed E-state index contributed by atoms with van der Waals surface area (Å²) in [6, 6.07) is 8.01. The number of hydrogen-bond acceptors (Lipinski definition) is 7. The van der Waals surface area contributed by atoms with Crippen LogP contribution in [-0.4, -0.2) is 15.1 Å². The summed E-state index contributed by atoms with van der Waals surface area (Å²) < 4.78 is 5.26. The minimum atomic E-state index is 0.489. The lowest BCUT2D eigenvalue weighted by Gasteiger charge is -2.05. The number of hydrogen-bond donors (Lipinski definition) is 0. The summed E-state index contributed by atoms with van der Waals surface area (Å²) >= 11 is 3.00. The topological polar surface area (TPSA) is 75.6 Å². The Labute approximate surface area is 136 Å². The normalized spacial score (nSPS) is 10.6. The summed E-state index contributed by atoms with van der Waals surface area (Å²) in [5.41, 5.74) is 2.43. The van der Waals surface area contributed by atoms with E-state index in [-0.39, 0.29) is 0 Å². The first-order valence-electron chi connectivity index (χ1n) is 6.55. The highest BCUT2D eigenvalue weighted by molar-refractivity contribution is 7.98. The largest absolute Gasteiger partial charge is 0.338 e. The molecule has 3 aromatic heterocycles. The first-order valence-corrected chi connectivity index (χ1v) is 8.41. The third-order valence-corrected chi connectivity index (χ3v) is 4.79. The van der Waals surface area contributed by atoms with Crippen molar-refractivity contribution in [3.05, 3.63) is 46.3 Å². The predicted molar refractivity (Wildman–Crippen MR) is 85.6 cm³/mol. The van der Waals surface area contributed by atoms with Gasteiger partial charge in [-0.2, -0.15) is 10.2 Å². The highest BCUT2D eigenvalue weighted by atomic mass is 32.2. The number of nitriles is 1. The summed E-state index contributed by atoms with van der Waals surface area (Å²) in [4.78, 5) is 9.77. The number of pyridine rings is 1. The van der Waals surface area contributed by atoms with Crippen molar-refractivity contribution in [2.24, 2.45) is 0 Å². The van der Waals surface area contributed by atoms with E-state index in [0.717, 1.165) is 16.1 Å². The number of rotatable bonds is 4. The zero-order valence-corrected chi connectivity index (χ0v) is 13.7. The van der Waals surface area contributed by atoms with Crippen LogP contribution in [0.15, 0.2) is 33.1 Å². The summed E-state index contributed by atoms with van der Waals surface area (Å²) in [7, 11) is 0. The molecular formula is C15H12N4OS2. The Bertz CT molecular complexity index is 834. The molecule has 7 heteroatoms. The van der Waals surface area contributed by atoms with E-state index in [1.807, 2.05) is 37.4 Å². The lowest BCUT2D eigenvalue weighted by molar-refractivity contribution is 0.392. The summed E-state index contributed by atoms with van der Waals surface area (Å²) in [5.74, 6) is 1.61. The van der Waals surface area contributed by atoms with Gasteiger partial charge in [-0.05, 0) is 36.9 Å². The van der Waals surface area contributed by atoms with Crippen LogP contribution in [0, 0.1) is 25.2 Å². The molecule has 0 aliphatic carbocycles. The SMILES string of the molecule is Cc1cc(C)c(C#N)c(SCc2nc(-c3cccs3)no2)n1. The van der Waals surface area contributed by atoms with Gasteiger partial charge in [-0.15, -0.1) is 11.3 Å². The maximum absolute atomic E-state index is 9.26. The van der Waals surface area contributed by atoms with E-state index in [9.17, 15) is 5.26 Å². The Morgan fingerprint density at radius 1 is 1.36 bits per heavy atom. The van der Waals surface area contributed by atoms with Crippen molar-refractivity contribution in [3.8, 4) is 16.8 Å². The predicted octanol–water partition coefficient (Wildman–Crippen LogP) is 3.97. The summed E-state index contributed by atoms with van der Waals surface area (Å²) in [5, 5.41) is 15.9. The molecule has 0 radical (unpaired) electrons. The molecule has 3 rings (SSSR count). The molecule has 0 amide bonds. The van der Waals surface area contributed by atoms with Crippen molar-refractivity contribution in [1.82, 2.24) is 15.1 Å². The molecule has 0 fully saturated rings. The number of thioether (sulfide) groups is 1. The Hall–Kier alpha value is -2.17. The molecule has 0 saturated heterocycles. The van der Waals surface area contributed by atoms with Gasteiger partial charge in [-0.3, -0.25) is 0 Å². The van der Waals surface area contributed by atoms with E-state index in [4.69, 9.17) is 4.52 Å². The average Bonchev–Trinajstić information content (AvgIpc) is 3.15. The summed E-state index contributed by atoms with van der Waals surface area (Å²) in [6.07, 6.45) is 0. The van der Waals surface area contributed by atoms with Crippen LogP contribution in [-0.2, 0) is 5.75 Å². The van der Waals surface area contributed by atoms with Gasteiger partial charge in [0.05, 0.1) is 16.2 Å². The van der Waals surface area contributed by atoms with Gasteiger partial charge in [0.15, 0.2) is 0 Å². The van der Waals surface area contributed by atoms with Gasteiger partial charge in [-0.25, -0.2) is 4.98 Å². The van der Waals surface area contributed by atoms with E-state index in [1.54, 1.807) is 11.3 Å². The van der Waals surface area contributed by atoms with Gasteiger partial charge >= 0.3 is 0 Å². The van der Waals surface area contributed by atoms with Crippen molar-refractivity contribution >= 4 is 23.1 Å². The molecule has 0 spiro atoms. The third-order valence-electron chi connectivity index (χ3n) is 2.97.